The molecule has 0 radical (unpaired) electrons. The number of hydrogen-bond donors (Lipinski definition) is 1. The molecule has 0 amide bonds. The Hall–Kier alpha value is -2.42. The van der Waals surface area contributed by atoms with Gasteiger partial charge in [0, 0.05) is 11.8 Å². The van der Waals surface area contributed by atoms with Crippen molar-refractivity contribution in [3.8, 4) is 11.9 Å². The Kier molecular flexibility index (Phi) is 2.06. The molecule has 0 fully saturated rings. The fourth-order valence-electron chi connectivity index (χ4n) is 1.16. The summed E-state index contributed by atoms with van der Waals surface area (Å²) >= 11 is 0. The number of nitrogens with zero attached hydrogens (tertiary/aromatic N) is 5. The lowest BCUT2D eigenvalue weighted by molar-refractivity contribution is 0.813. The molecule has 6 nitrogen and oxygen atoms in total. The molecule has 0 aliphatic heterocycles. The summed E-state index contributed by atoms with van der Waals surface area (Å²) < 4.78 is 1.45. The molecule has 2 rings (SSSR count). The van der Waals surface area contributed by atoms with Gasteiger partial charge in [0.25, 0.3) is 0 Å². The van der Waals surface area contributed by atoms with Gasteiger partial charge in [-0.15, -0.1) is 10.2 Å². The standard InChI is InChI=1S/C9H8N6/c1-6-5-15(14-8(6)11)9-7(4-10)2-3-12-13-9/h2-3,5H,1H3,(H2,11,14). The van der Waals surface area contributed by atoms with Crippen molar-refractivity contribution in [2.24, 2.45) is 0 Å². The number of nitrogens with two attached hydrogens (primary N) is 1. The largest absolute Gasteiger partial charge is 0.382 e. The summed E-state index contributed by atoms with van der Waals surface area (Å²) in [5.74, 6) is 0.810. The van der Waals surface area contributed by atoms with Crippen molar-refractivity contribution in [1.29, 1.82) is 5.26 Å². The van der Waals surface area contributed by atoms with Crippen LogP contribution in [0.3, 0.4) is 0 Å². The Morgan fingerprint density at radius 1 is 1.53 bits per heavy atom. The highest BCUT2D eigenvalue weighted by atomic mass is 15.4. The molecule has 0 aliphatic carbocycles. The minimum absolute atomic E-state index is 0.389. The van der Waals surface area contributed by atoms with Gasteiger partial charge in [-0.25, -0.2) is 4.68 Å². The maximum atomic E-state index is 8.87. The lowest BCUT2D eigenvalue weighted by Crippen LogP contribution is -2.03. The highest BCUT2D eigenvalue weighted by molar-refractivity contribution is 5.44. The Balaban J connectivity index is 2.59. The van der Waals surface area contributed by atoms with Gasteiger partial charge in [0.1, 0.15) is 17.5 Å². The molecular formula is C9H8N6. The average Bonchev–Trinajstić information content (AvgIpc) is 2.59. The third-order valence-electron chi connectivity index (χ3n) is 1.97. The molecule has 15 heavy (non-hydrogen) atoms. The highest BCUT2D eigenvalue weighted by Gasteiger charge is 2.08. The first-order valence-corrected chi connectivity index (χ1v) is 4.26. The van der Waals surface area contributed by atoms with Crippen molar-refractivity contribution in [3.05, 3.63) is 29.6 Å². The van der Waals surface area contributed by atoms with Crippen molar-refractivity contribution < 1.29 is 0 Å². The van der Waals surface area contributed by atoms with Crippen molar-refractivity contribution >= 4 is 5.82 Å². The van der Waals surface area contributed by atoms with Crippen LogP contribution in [0.15, 0.2) is 18.5 Å². The fourth-order valence-corrected chi connectivity index (χ4v) is 1.16. The van der Waals surface area contributed by atoms with Crippen LogP contribution in [0.4, 0.5) is 5.82 Å². The summed E-state index contributed by atoms with van der Waals surface area (Å²) in [5, 5.41) is 20.4. The van der Waals surface area contributed by atoms with Crippen LogP contribution in [0.2, 0.25) is 0 Å². The zero-order chi connectivity index (χ0) is 10.8. The number of anilines is 1. The van der Waals surface area contributed by atoms with Gasteiger partial charge in [-0.2, -0.15) is 10.4 Å². The summed E-state index contributed by atoms with van der Waals surface area (Å²) in [5.41, 5.74) is 6.85. The SMILES string of the molecule is Cc1cn(-c2nnccc2C#N)nc1N. The quantitative estimate of drug-likeness (QED) is 0.720. The summed E-state index contributed by atoms with van der Waals surface area (Å²) in [4.78, 5) is 0. The number of aromatic nitrogens is 4. The summed E-state index contributed by atoms with van der Waals surface area (Å²) in [6, 6.07) is 3.60. The number of nitriles is 1. The van der Waals surface area contributed by atoms with Crippen LogP contribution in [0.5, 0.6) is 0 Å². The summed E-state index contributed by atoms with van der Waals surface area (Å²) in [6.07, 6.45) is 3.17. The van der Waals surface area contributed by atoms with Crippen LogP contribution in [-0.4, -0.2) is 20.0 Å². The first-order chi connectivity index (χ1) is 7.22. The van der Waals surface area contributed by atoms with Gasteiger partial charge in [0.2, 0.25) is 0 Å². The third kappa shape index (κ3) is 1.50. The van der Waals surface area contributed by atoms with Crippen molar-refractivity contribution in [1.82, 2.24) is 20.0 Å². The highest BCUT2D eigenvalue weighted by Crippen LogP contribution is 2.13. The van der Waals surface area contributed by atoms with Crippen molar-refractivity contribution in [2.45, 2.75) is 6.92 Å². The minimum Gasteiger partial charge on any atom is -0.382 e. The van der Waals surface area contributed by atoms with E-state index in [1.165, 1.54) is 10.9 Å². The number of hydrogen-bond acceptors (Lipinski definition) is 5. The van der Waals surface area contributed by atoms with Gasteiger partial charge in [-0.1, -0.05) is 0 Å². The van der Waals surface area contributed by atoms with Crippen LogP contribution < -0.4 is 5.73 Å². The lowest BCUT2D eigenvalue weighted by Gasteiger charge is -1.99. The van der Waals surface area contributed by atoms with E-state index in [0.29, 0.717) is 17.2 Å². The minimum atomic E-state index is 0.389. The molecule has 6 heteroatoms. The van der Waals surface area contributed by atoms with E-state index in [1.807, 2.05) is 13.0 Å². The van der Waals surface area contributed by atoms with Crippen molar-refractivity contribution in [2.75, 3.05) is 5.73 Å². The van der Waals surface area contributed by atoms with Crippen LogP contribution in [0, 0.1) is 18.3 Å². The normalized spacial score (nSPS) is 9.87. The topological polar surface area (TPSA) is 93.4 Å². The summed E-state index contributed by atoms with van der Waals surface area (Å²) in [7, 11) is 0. The molecule has 0 atom stereocenters. The third-order valence-corrected chi connectivity index (χ3v) is 1.97. The van der Waals surface area contributed by atoms with E-state index in [2.05, 4.69) is 15.3 Å². The molecular weight excluding hydrogens is 192 g/mol. The Morgan fingerprint density at radius 3 is 2.93 bits per heavy atom. The second-order valence-corrected chi connectivity index (χ2v) is 3.02. The molecule has 0 aromatic carbocycles. The maximum absolute atomic E-state index is 8.87. The average molecular weight is 200 g/mol. The van der Waals surface area contributed by atoms with Crippen LogP contribution >= 0.6 is 0 Å². The maximum Gasteiger partial charge on any atom is 0.193 e. The van der Waals surface area contributed by atoms with Gasteiger partial charge < -0.3 is 5.73 Å². The lowest BCUT2D eigenvalue weighted by atomic mass is 10.3. The predicted molar refractivity (Wildman–Crippen MR) is 53.0 cm³/mol. The zero-order valence-corrected chi connectivity index (χ0v) is 8.05. The van der Waals surface area contributed by atoms with E-state index >= 15 is 0 Å². The molecule has 0 spiro atoms. The van der Waals surface area contributed by atoms with E-state index in [1.54, 1.807) is 12.3 Å². The number of nitrogen functional groups attached to an aromatic ring is 1. The molecule has 2 aromatic heterocycles. The van der Waals surface area contributed by atoms with E-state index in [9.17, 15) is 0 Å². The Labute approximate surface area is 86.0 Å². The molecule has 2 aromatic rings. The van der Waals surface area contributed by atoms with E-state index in [-0.39, 0.29) is 0 Å². The van der Waals surface area contributed by atoms with Gasteiger partial charge in [0.05, 0.1) is 6.20 Å². The Bertz CT molecular complexity index is 516. The fraction of sp³-hybridized carbons (Fsp3) is 0.111. The van der Waals surface area contributed by atoms with Crippen LogP contribution in [-0.2, 0) is 0 Å². The molecule has 0 bridgehead atoms. The zero-order valence-electron chi connectivity index (χ0n) is 8.05. The van der Waals surface area contributed by atoms with Crippen molar-refractivity contribution in [3.63, 3.8) is 0 Å². The number of aryl methyl sites for hydroxylation is 1. The predicted octanol–water partition coefficient (Wildman–Crippen LogP) is 0.425. The molecule has 0 unspecified atom stereocenters. The number of rotatable bonds is 1. The monoisotopic (exact) mass is 200 g/mol. The van der Waals surface area contributed by atoms with Crippen LogP contribution in [0.1, 0.15) is 11.1 Å². The van der Waals surface area contributed by atoms with Crippen LogP contribution in [0.25, 0.3) is 5.82 Å². The first-order valence-electron chi connectivity index (χ1n) is 4.26. The molecule has 0 saturated carbocycles. The Morgan fingerprint density at radius 2 is 2.33 bits per heavy atom. The molecule has 2 N–H and O–H groups in total. The van der Waals surface area contributed by atoms with Gasteiger partial charge in [0.15, 0.2) is 5.82 Å². The van der Waals surface area contributed by atoms with Gasteiger partial charge >= 0.3 is 0 Å². The second-order valence-electron chi connectivity index (χ2n) is 3.02. The second kappa shape index (κ2) is 3.38. The first kappa shape index (κ1) is 9.15. The summed E-state index contributed by atoms with van der Waals surface area (Å²) in [6.45, 7) is 1.83. The van der Waals surface area contributed by atoms with Gasteiger partial charge in [-0.05, 0) is 13.0 Å². The van der Waals surface area contributed by atoms with E-state index in [0.717, 1.165) is 5.56 Å². The van der Waals surface area contributed by atoms with E-state index < -0.39 is 0 Å². The van der Waals surface area contributed by atoms with Gasteiger partial charge in [-0.3, -0.25) is 0 Å². The molecule has 0 aliphatic rings. The smallest absolute Gasteiger partial charge is 0.193 e. The molecule has 0 saturated heterocycles. The molecule has 74 valence electrons. The molecule has 2 heterocycles. The van der Waals surface area contributed by atoms with E-state index in [4.69, 9.17) is 11.0 Å².